The first-order valence-corrected chi connectivity index (χ1v) is 7.64. The van der Waals surface area contributed by atoms with Crippen molar-refractivity contribution in [2.45, 2.75) is 19.4 Å². The number of aliphatic carboxylic acids is 1. The molecule has 2 rings (SSSR count). The molecule has 1 unspecified atom stereocenters. The van der Waals surface area contributed by atoms with Crippen molar-refractivity contribution in [1.29, 1.82) is 0 Å². The monoisotopic (exact) mass is 335 g/mol. The van der Waals surface area contributed by atoms with Crippen molar-refractivity contribution in [2.75, 3.05) is 11.9 Å². The number of hydrogen-bond acceptors (Lipinski definition) is 5. The largest absolute Gasteiger partial charge is 0.479 e. The molecule has 0 bridgehead atoms. The third-order valence-electron chi connectivity index (χ3n) is 3.08. The molecule has 8 heteroatoms. The molecule has 2 aromatic rings. The number of carbonyl (C=O) groups is 2. The quantitative estimate of drug-likeness (QED) is 0.668. The van der Waals surface area contributed by atoms with Gasteiger partial charge in [0, 0.05) is 11.1 Å². The fourth-order valence-corrected chi connectivity index (χ4v) is 2.64. The van der Waals surface area contributed by atoms with Gasteiger partial charge in [0.25, 0.3) is 0 Å². The maximum atomic E-state index is 11.9. The summed E-state index contributed by atoms with van der Waals surface area (Å²) < 4.78 is 0. The summed E-state index contributed by atoms with van der Waals surface area (Å²) in [4.78, 5) is 29.0. The zero-order chi connectivity index (χ0) is 17.0. The average Bonchev–Trinajstić information content (AvgIpc) is 2.92. The number of urea groups is 1. The predicted octanol–water partition coefficient (Wildman–Crippen LogP) is 2.08. The second-order valence-corrected chi connectivity index (χ2v) is 6.48. The predicted molar refractivity (Wildman–Crippen MR) is 87.6 cm³/mol. The summed E-state index contributed by atoms with van der Waals surface area (Å²) in [5.74, 6) is -1.41. The maximum absolute atomic E-state index is 11.9. The van der Waals surface area contributed by atoms with Gasteiger partial charge < -0.3 is 20.8 Å². The minimum absolute atomic E-state index is 0.415. The summed E-state index contributed by atoms with van der Waals surface area (Å²) in [7, 11) is 0. The fraction of sp³-hybridized carbons (Fsp3) is 0.267. The van der Waals surface area contributed by atoms with Crippen LogP contribution in [-0.4, -0.2) is 39.3 Å². The van der Waals surface area contributed by atoms with E-state index in [2.05, 4.69) is 15.6 Å². The highest BCUT2D eigenvalue weighted by Gasteiger charge is 2.30. The number of aliphatic hydroxyl groups is 1. The van der Waals surface area contributed by atoms with Crippen LogP contribution >= 0.6 is 11.3 Å². The minimum Gasteiger partial charge on any atom is -0.479 e. The van der Waals surface area contributed by atoms with Gasteiger partial charge in [-0.15, -0.1) is 11.3 Å². The zero-order valence-electron chi connectivity index (χ0n) is 12.7. The Bertz CT molecular complexity index is 727. The Balaban J connectivity index is 2.09. The van der Waals surface area contributed by atoms with E-state index < -0.39 is 24.1 Å². The Hall–Kier alpha value is -2.45. The number of nitrogens with one attached hydrogen (secondary N) is 2. The van der Waals surface area contributed by atoms with E-state index >= 15 is 0 Å². The molecule has 4 N–H and O–H groups in total. The molecule has 0 aliphatic carbocycles. The van der Waals surface area contributed by atoms with Gasteiger partial charge >= 0.3 is 12.0 Å². The topological polar surface area (TPSA) is 112 Å². The number of nitrogens with zero attached hydrogens (tertiary/aromatic N) is 1. The number of carboxylic acids is 1. The standard InChI is InChI=1S/C15H17N3O4S/c1-9-5-6-11(23-9)12-10(4-3-7-16-12)18-14(21)17-8-15(2,22)13(19)20/h3-7,22H,8H2,1-2H3,(H,19,20)(H2,17,18,21). The number of hydrogen-bond donors (Lipinski definition) is 4. The Morgan fingerprint density at radius 2 is 2.09 bits per heavy atom. The molecule has 2 heterocycles. The maximum Gasteiger partial charge on any atom is 0.337 e. The Morgan fingerprint density at radius 3 is 2.70 bits per heavy atom. The highest BCUT2D eigenvalue weighted by Crippen LogP contribution is 2.31. The lowest BCUT2D eigenvalue weighted by Crippen LogP contribution is -2.47. The van der Waals surface area contributed by atoms with Crippen LogP contribution in [0.2, 0.25) is 0 Å². The van der Waals surface area contributed by atoms with Gasteiger partial charge in [-0.05, 0) is 38.1 Å². The number of carboxylic acid groups (broad SMARTS) is 1. The molecule has 0 radical (unpaired) electrons. The molecule has 2 amide bonds. The van der Waals surface area contributed by atoms with E-state index in [0.29, 0.717) is 11.4 Å². The number of rotatable bonds is 5. The van der Waals surface area contributed by atoms with Crippen molar-refractivity contribution in [3.05, 3.63) is 35.3 Å². The highest BCUT2D eigenvalue weighted by molar-refractivity contribution is 7.15. The lowest BCUT2D eigenvalue weighted by atomic mass is 10.1. The zero-order valence-corrected chi connectivity index (χ0v) is 13.5. The van der Waals surface area contributed by atoms with Gasteiger partial charge in [-0.2, -0.15) is 0 Å². The molecular formula is C15H17N3O4S. The summed E-state index contributed by atoms with van der Waals surface area (Å²) in [6.45, 7) is 2.67. The molecule has 122 valence electrons. The molecule has 23 heavy (non-hydrogen) atoms. The number of pyridine rings is 1. The molecule has 7 nitrogen and oxygen atoms in total. The van der Waals surface area contributed by atoms with Crippen molar-refractivity contribution in [1.82, 2.24) is 10.3 Å². The fourth-order valence-electron chi connectivity index (χ4n) is 1.76. The van der Waals surface area contributed by atoms with Crippen molar-refractivity contribution < 1.29 is 19.8 Å². The van der Waals surface area contributed by atoms with Gasteiger partial charge in [0.1, 0.15) is 5.69 Å². The molecule has 2 aromatic heterocycles. The third kappa shape index (κ3) is 4.27. The lowest BCUT2D eigenvalue weighted by molar-refractivity contribution is -0.155. The Kier molecular flexibility index (Phi) is 4.97. The molecule has 1 atom stereocenters. The van der Waals surface area contributed by atoms with Crippen molar-refractivity contribution >= 4 is 29.0 Å². The van der Waals surface area contributed by atoms with Crippen LogP contribution in [0.5, 0.6) is 0 Å². The first-order valence-electron chi connectivity index (χ1n) is 6.82. The number of amides is 2. The highest BCUT2D eigenvalue weighted by atomic mass is 32.1. The summed E-state index contributed by atoms with van der Waals surface area (Å²) in [6.07, 6.45) is 1.63. The van der Waals surface area contributed by atoms with Gasteiger partial charge in [-0.3, -0.25) is 4.98 Å². The smallest absolute Gasteiger partial charge is 0.337 e. The number of thiophene rings is 1. The summed E-state index contributed by atoms with van der Waals surface area (Å²) in [6, 6.07) is 6.65. The van der Waals surface area contributed by atoms with Crippen molar-refractivity contribution in [2.24, 2.45) is 0 Å². The Labute approximate surface area is 137 Å². The third-order valence-corrected chi connectivity index (χ3v) is 4.09. The molecule has 0 aliphatic rings. The molecule has 0 aromatic carbocycles. The van der Waals surface area contributed by atoms with E-state index in [-0.39, 0.29) is 0 Å². The molecular weight excluding hydrogens is 318 g/mol. The summed E-state index contributed by atoms with van der Waals surface area (Å²) in [5, 5.41) is 23.3. The number of carbonyl (C=O) groups excluding carboxylic acids is 1. The van der Waals surface area contributed by atoms with E-state index in [1.54, 1.807) is 29.7 Å². The van der Waals surface area contributed by atoms with Gasteiger partial charge in [-0.25, -0.2) is 9.59 Å². The number of aryl methyl sites for hydroxylation is 1. The average molecular weight is 335 g/mol. The molecule has 0 saturated heterocycles. The number of anilines is 1. The molecule has 0 saturated carbocycles. The van der Waals surface area contributed by atoms with Crippen molar-refractivity contribution in [3.8, 4) is 10.6 Å². The summed E-state index contributed by atoms with van der Waals surface area (Å²) in [5.41, 5.74) is -0.896. The van der Waals surface area contributed by atoms with Crippen LogP contribution in [0.25, 0.3) is 10.6 Å². The molecule has 0 spiro atoms. The van der Waals surface area contributed by atoms with Crippen LogP contribution in [0.15, 0.2) is 30.5 Å². The van der Waals surface area contributed by atoms with Crippen molar-refractivity contribution in [3.63, 3.8) is 0 Å². The van der Waals surface area contributed by atoms with Gasteiger partial charge in [0.2, 0.25) is 0 Å². The van der Waals surface area contributed by atoms with Crippen LogP contribution in [-0.2, 0) is 4.79 Å². The second kappa shape index (κ2) is 6.76. The first kappa shape index (κ1) is 16.9. The number of aromatic nitrogens is 1. The van der Waals surface area contributed by atoms with Crippen LogP contribution in [0, 0.1) is 6.92 Å². The van der Waals surface area contributed by atoms with Gasteiger partial charge in [-0.1, -0.05) is 0 Å². The van der Waals surface area contributed by atoms with E-state index in [4.69, 9.17) is 5.11 Å². The molecule has 0 fully saturated rings. The van der Waals surface area contributed by atoms with E-state index in [9.17, 15) is 14.7 Å². The van der Waals surface area contributed by atoms with Gasteiger partial charge in [0.15, 0.2) is 5.60 Å². The van der Waals surface area contributed by atoms with E-state index in [0.717, 1.165) is 16.7 Å². The van der Waals surface area contributed by atoms with Crippen LogP contribution < -0.4 is 10.6 Å². The molecule has 0 aliphatic heterocycles. The Morgan fingerprint density at radius 1 is 1.35 bits per heavy atom. The second-order valence-electron chi connectivity index (χ2n) is 5.20. The first-order chi connectivity index (χ1) is 10.8. The van der Waals surface area contributed by atoms with Crippen LogP contribution in [0.3, 0.4) is 0 Å². The van der Waals surface area contributed by atoms with Crippen LogP contribution in [0.4, 0.5) is 10.5 Å². The van der Waals surface area contributed by atoms with Gasteiger partial charge in [0.05, 0.1) is 17.1 Å². The van der Waals surface area contributed by atoms with E-state index in [1.165, 1.54) is 0 Å². The lowest BCUT2D eigenvalue weighted by Gasteiger charge is -2.18. The van der Waals surface area contributed by atoms with Crippen LogP contribution in [0.1, 0.15) is 11.8 Å². The minimum atomic E-state index is -2.03. The summed E-state index contributed by atoms with van der Waals surface area (Å²) >= 11 is 1.55. The SMILES string of the molecule is Cc1ccc(-c2ncccc2NC(=O)NCC(C)(O)C(=O)O)s1. The van der Waals surface area contributed by atoms with E-state index in [1.807, 2.05) is 19.1 Å². The normalized spacial score (nSPS) is 13.2.